The molecule has 1 saturated carbocycles. The molecule has 0 aromatic carbocycles. The summed E-state index contributed by atoms with van der Waals surface area (Å²) >= 11 is 0. The number of rotatable bonds is 10. The topological polar surface area (TPSA) is 108 Å². The van der Waals surface area contributed by atoms with E-state index in [1.165, 1.54) is 11.2 Å². The Bertz CT molecular complexity index is 618. The van der Waals surface area contributed by atoms with Crippen molar-refractivity contribution in [2.24, 2.45) is 17.8 Å². The molecule has 170 valence electrons. The molecule has 0 aromatic rings. The molecule has 0 bridgehead atoms. The van der Waals surface area contributed by atoms with Crippen molar-refractivity contribution in [3.05, 3.63) is 12.3 Å². The second-order valence-corrected chi connectivity index (χ2v) is 8.49. The predicted octanol–water partition coefficient (Wildman–Crippen LogP) is 3.28. The van der Waals surface area contributed by atoms with E-state index in [4.69, 9.17) is 9.57 Å². The van der Waals surface area contributed by atoms with Crippen molar-refractivity contribution in [3.63, 3.8) is 0 Å². The van der Waals surface area contributed by atoms with Gasteiger partial charge in [0.05, 0.1) is 6.61 Å². The van der Waals surface area contributed by atoms with Crippen LogP contribution in [0.1, 0.15) is 65.7 Å². The molecule has 9 nitrogen and oxygen atoms in total. The van der Waals surface area contributed by atoms with Crippen LogP contribution in [0.15, 0.2) is 12.3 Å². The highest BCUT2D eigenvalue weighted by Crippen LogP contribution is 2.32. The van der Waals surface area contributed by atoms with Gasteiger partial charge in [-0.1, -0.05) is 45.6 Å². The van der Waals surface area contributed by atoms with Gasteiger partial charge < -0.3 is 9.84 Å². The summed E-state index contributed by atoms with van der Waals surface area (Å²) in [4.78, 5) is 42.4. The van der Waals surface area contributed by atoms with Crippen molar-refractivity contribution >= 4 is 17.9 Å². The molecular weight excluding hydrogens is 390 g/mol. The highest BCUT2D eigenvalue weighted by molar-refractivity contribution is 5.86. The Morgan fingerprint density at radius 2 is 1.90 bits per heavy atom. The Hall–Kier alpha value is -2.13. The summed E-state index contributed by atoms with van der Waals surface area (Å²) in [5.41, 5.74) is 2.37. The summed E-state index contributed by atoms with van der Waals surface area (Å²) in [6, 6.07) is 0. The first-order valence-electron chi connectivity index (χ1n) is 10.8. The van der Waals surface area contributed by atoms with Crippen molar-refractivity contribution in [1.82, 2.24) is 15.5 Å². The maximum Gasteiger partial charge on any atom is 0.430 e. The number of carbonyl (C=O) groups excluding carboxylic acids is 2. The van der Waals surface area contributed by atoms with E-state index in [-0.39, 0.29) is 18.9 Å². The summed E-state index contributed by atoms with van der Waals surface area (Å²) in [6.07, 6.45) is 6.67. The Kier molecular flexibility index (Phi) is 9.58. The van der Waals surface area contributed by atoms with Gasteiger partial charge in [0.1, 0.15) is 0 Å². The van der Waals surface area contributed by atoms with Gasteiger partial charge in [-0.3, -0.25) is 9.59 Å². The van der Waals surface area contributed by atoms with Crippen molar-refractivity contribution in [2.45, 2.75) is 72.0 Å². The van der Waals surface area contributed by atoms with Crippen LogP contribution >= 0.6 is 0 Å². The molecule has 2 rings (SSSR count). The Balaban J connectivity index is 1.98. The molecule has 2 N–H and O–H groups in total. The lowest BCUT2D eigenvalue weighted by atomic mass is 9.89. The number of nitrogens with zero attached hydrogens (tertiary/aromatic N) is 2. The van der Waals surface area contributed by atoms with Crippen molar-refractivity contribution in [2.75, 3.05) is 13.2 Å². The second-order valence-electron chi connectivity index (χ2n) is 8.49. The van der Waals surface area contributed by atoms with Gasteiger partial charge in [0.2, 0.25) is 11.8 Å². The van der Waals surface area contributed by atoms with E-state index in [1.54, 1.807) is 13.0 Å². The molecule has 1 aliphatic carbocycles. The molecule has 2 aliphatic rings. The zero-order valence-corrected chi connectivity index (χ0v) is 18.2. The third-order valence-corrected chi connectivity index (χ3v) is 5.34. The Morgan fingerprint density at radius 3 is 2.53 bits per heavy atom. The number of hydrogen-bond acceptors (Lipinski definition) is 5. The number of nitrogens with one attached hydrogen (secondary N) is 1. The van der Waals surface area contributed by atoms with Crippen LogP contribution < -0.4 is 5.48 Å². The van der Waals surface area contributed by atoms with Crippen molar-refractivity contribution < 1.29 is 29.1 Å². The average Bonchev–Trinajstić information content (AvgIpc) is 3.22. The molecule has 1 aliphatic heterocycles. The summed E-state index contributed by atoms with van der Waals surface area (Å²) in [6.45, 7) is 6.50. The smallest absolute Gasteiger partial charge is 0.430 e. The van der Waals surface area contributed by atoms with Crippen LogP contribution in [0.2, 0.25) is 0 Å². The van der Waals surface area contributed by atoms with E-state index < -0.39 is 24.2 Å². The van der Waals surface area contributed by atoms with Crippen LogP contribution in [0, 0.1) is 17.8 Å². The predicted molar refractivity (Wildman–Crippen MR) is 109 cm³/mol. The molecule has 0 aromatic heterocycles. The lowest BCUT2D eigenvalue weighted by Gasteiger charge is -2.35. The molecule has 0 spiro atoms. The van der Waals surface area contributed by atoms with Gasteiger partial charge in [-0.05, 0) is 31.6 Å². The molecule has 2 atom stereocenters. The first-order chi connectivity index (χ1) is 14.3. The van der Waals surface area contributed by atoms with Gasteiger partial charge in [0.25, 0.3) is 0 Å². The molecule has 2 unspecified atom stereocenters. The summed E-state index contributed by atoms with van der Waals surface area (Å²) < 4.78 is 5.46. The van der Waals surface area contributed by atoms with Gasteiger partial charge >= 0.3 is 6.09 Å². The van der Waals surface area contributed by atoms with Crippen LogP contribution in [0.25, 0.3) is 0 Å². The fourth-order valence-corrected chi connectivity index (χ4v) is 3.85. The quantitative estimate of drug-likeness (QED) is 0.411. The maximum atomic E-state index is 13.2. The SMILES string of the molecule is CC(C)COC(C)ONC(=O)CC(CC1CCCC1)C(=O)N1CCC=CN1C(=O)O. The second kappa shape index (κ2) is 11.9. The van der Waals surface area contributed by atoms with Gasteiger partial charge in [0, 0.05) is 25.1 Å². The number of carbonyl (C=O) groups is 3. The van der Waals surface area contributed by atoms with Crippen molar-refractivity contribution in [1.29, 1.82) is 0 Å². The zero-order valence-electron chi connectivity index (χ0n) is 18.2. The third kappa shape index (κ3) is 7.60. The first-order valence-corrected chi connectivity index (χ1v) is 10.8. The number of hydrazine groups is 1. The van der Waals surface area contributed by atoms with E-state index in [1.807, 2.05) is 13.8 Å². The van der Waals surface area contributed by atoms with E-state index in [2.05, 4.69) is 5.48 Å². The minimum absolute atomic E-state index is 0.0556. The lowest BCUT2D eigenvalue weighted by Crippen LogP contribution is -2.51. The van der Waals surface area contributed by atoms with Gasteiger partial charge in [-0.25, -0.2) is 20.1 Å². The first kappa shape index (κ1) is 24.1. The number of ether oxygens (including phenoxy) is 1. The zero-order chi connectivity index (χ0) is 22.1. The molecule has 1 heterocycles. The van der Waals surface area contributed by atoms with Crippen LogP contribution in [-0.4, -0.2) is 52.5 Å². The lowest BCUT2D eigenvalue weighted by molar-refractivity contribution is -0.184. The van der Waals surface area contributed by atoms with Gasteiger partial charge in [0.15, 0.2) is 6.29 Å². The standard InChI is InChI=1S/C21H35N3O6/c1-15(2)14-29-16(3)30-22-19(25)13-18(12-17-8-4-5-9-17)20(26)23-10-6-7-11-24(23)21(27)28/h7,11,15-18H,4-6,8-10,12-14H2,1-3H3,(H,22,25)(H,27,28). The Morgan fingerprint density at radius 1 is 1.20 bits per heavy atom. The Labute approximate surface area is 178 Å². The normalized spacial score (nSPS) is 19.2. The molecular formula is C21H35N3O6. The molecule has 1 fully saturated rings. The molecule has 30 heavy (non-hydrogen) atoms. The monoisotopic (exact) mass is 425 g/mol. The third-order valence-electron chi connectivity index (χ3n) is 5.34. The van der Waals surface area contributed by atoms with E-state index >= 15 is 0 Å². The average molecular weight is 426 g/mol. The number of hydroxylamine groups is 1. The number of amides is 3. The van der Waals surface area contributed by atoms with E-state index in [0.29, 0.717) is 31.3 Å². The summed E-state index contributed by atoms with van der Waals surface area (Å²) in [5, 5.41) is 11.5. The number of hydrogen-bond donors (Lipinski definition) is 2. The number of carboxylic acid groups (broad SMARTS) is 1. The minimum atomic E-state index is -1.22. The van der Waals surface area contributed by atoms with Gasteiger partial charge in [-0.2, -0.15) is 5.01 Å². The largest absolute Gasteiger partial charge is 0.463 e. The van der Waals surface area contributed by atoms with Gasteiger partial charge in [-0.15, -0.1) is 0 Å². The van der Waals surface area contributed by atoms with Crippen LogP contribution in [0.5, 0.6) is 0 Å². The van der Waals surface area contributed by atoms with Crippen LogP contribution in [-0.2, 0) is 19.2 Å². The molecule has 9 heteroatoms. The highest BCUT2D eigenvalue weighted by atomic mass is 16.8. The fourth-order valence-electron chi connectivity index (χ4n) is 3.85. The van der Waals surface area contributed by atoms with Crippen molar-refractivity contribution in [3.8, 4) is 0 Å². The molecule has 3 amide bonds. The summed E-state index contributed by atoms with van der Waals surface area (Å²) in [7, 11) is 0. The van der Waals surface area contributed by atoms with E-state index in [0.717, 1.165) is 30.7 Å². The minimum Gasteiger partial charge on any atom is -0.463 e. The van der Waals surface area contributed by atoms with E-state index in [9.17, 15) is 19.5 Å². The van der Waals surface area contributed by atoms with Crippen LogP contribution in [0.4, 0.5) is 4.79 Å². The maximum absolute atomic E-state index is 13.2. The highest BCUT2D eigenvalue weighted by Gasteiger charge is 2.34. The molecule has 0 saturated heterocycles. The fraction of sp³-hybridized carbons (Fsp3) is 0.762. The van der Waals surface area contributed by atoms with Crippen LogP contribution in [0.3, 0.4) is 0 Å². The molecule has 0 radical (unpaired) electrons. The summed E-state index contributed by atoms with van der Waals surface area (Å²) in [5.74, 6) is -0.638.